The summed E-state index contributed by atoms with van der Waals surface area (Å²) in [6.45, 7) is 1.41. The quantitative estimate of drug-likeness (QED) is 0.583. The summed E-state index contributed by atoms with van der Waals surface area (Å²) in [5, 5.41) is 16.7. The smallest absolute Gasteiger partial charge is 0.449 e. The first-order valence-electron chi connectivity index (χ1n) is 3.87. The summed E-state index contributed by atoms with van der Waals surface area (Å²) in [5.74, 6) is 1.19. The van der Waals surface area contributed by atoms with E-state index in [1.54, 1.807) is 0 Å². The lowest BCUT2D eigenvalue weighted by atomic mass is 10.2. The molecule has 16 heavy (non-hydrogen) atoms. The molecule has 7 heteroatoms. The molecule has 0 bridgehead atoms. The number of carbonyl (C=O) groups is 2. The van der Waals surface area contributed by atoms with Gasteiger partial charge in [-0.1, -0.05) is 5.92 Å². The Bertz CT molecular complexity index is 477. The zero-order chi connectivity index (χ0) is 12.3. The van der Waals surface area contributed by atoms with Crippen molar-refractivity contribution in [1.82, 2.24) is 0 Å². The molecular weight excluding hydrogens is 220 g/mol. The van der Waals surface area contributed by atoms with Gasteiger partial charge < -0.3 is 24.1 Å². The predicted molar refractivity (Wildman–Crippen MR) is 48.7 cm³/mol. The van der Waals surface area contributed by atoms with Gasteiger partial charge in [-0.15, -0.1) is 6.42 Å². The minimum atomic E-state index is -1.63. The average Bonchev–Trinajstić information content (AvgIpc) is 2.41. The molecule has 0 aliphatic carbocycles. The van der Waals surface area contributed by atoms with Gasteiger partial charge in [0.15, 0.2) is 0 Å². The van der Waals surface area contributed by atoms with Crippen molar-refractivity contribution >= 4 is 12.3 Å². The van der Waals surface area contributed by atoms with Crippen molar-refractivity contribution < 1.29 is 33.7 Å². The lowest BCUT2D eigenvalue weighted by Crippen LogP contribution is -2.03. The van der Waals surface area contributed by atoms with E-state index in [2.05, 4.69) is 15.4 Å². The van der Waals surface area contributed by atoms with Crippen molar-refractivity contribution in [2.45, 2.75) is 6.92 Å². The summed E-state index contributed by atoms with van der Waals surface area (Å²) in [7, 11) is 0. The number of terminal acetylenes is 1. The van der Waals surface area contributed by atoms with Gasteiger partial charge in [0, 0.05) is 0 Å². The fraction of sp³-hybridized carbons (Fsp3) is 0.111. The largest absolute Gasteiger partial charge is 0.513 e. The van der Waals surface area contributed by atoms with Gasteiger partial charge in [-0.25, -0.2) is 9.59 Å². The summed E-state index contributed by atoms with van der Waals surface area (Å²) in [6.07, 6.45) is 1.84. The molecule has 1 heterocycles. The molecule has 0 fully saturated rings. The van der Waals surface area contributed by atoms with Gasteiger partial charge in [0.1, 0.15) is 5.56 Å². The SMILES string of the molecule is C#Cc1c(OC(=O)O)oc(OC(=O)O)c1C. The fourth-order valence-electron chi connectivity index (χ4n) is 0.962. The Morgan fingerprint density at radius 1 is 1.25 bits per heavy atom. The number of hydrogen-bond donors (Lipinski definition) is 2. The maximum Gasteiger partial charge on any atom is 0.513 e. The van der Waals surface area contributed by atoms with Gasteiger partial charge >= 0.3 is 24.2 Å². The van der Waals surface area contributed by atoms with Gasteiger partial charge in [-0.05, 0) is 6.92 Å². The molecule has 0 saturated carbocycles. The molecule has 1 rings (SSSR count). The zero-order valence-electron chi connectivity index (χ0n) is 8.01. The van der Waals surface area contributed by atoms with Crippen LogP contribution in [-0.2, 0) is 0 Å². The predicted octanol–water partition coefficient (Wildman–Crippen LogP) is 1.68. The van der Waals surface area contributed by atoms with Crippen LogP contribution in [0.3, 0.4) is 0 Å². The van der Waals surface area contributed by atoms with Crippen molar-refractivity contribution in [2.75, 3.05) is 0 Å². The molecule has 0 aromatic carbocycles. The van der Waals surface area contributed by atoms with Gasteiger partial charge in [-0.3, -0.25) is 0 Å². The Morgan fingerprint density at radius 3 is 2.19 bits per heavy atom. The van der Waals surface area contributed by atoms with E-state index in [-0.39, 0.29) is 11.1 Å². The van der Waals surface area contributed by atoms with E-state index < -0.39 is 24.2 Å². The van der Waals surface area contributed by atoms with Crippen LogP contribution in [0.4, 0.5) is 9.59 Å². The lowest BCUT2D eigenvalue weighted by molar-refractivity contribution is 0.119. The third kappa shape index (κ3) is 2.24. The van der Waals surface area contributed by atoms with Crippen LogP contribution < -0.4 is 9.47 Å². The Hall–Kier alpha value is -2.62. The van der Waals surface area contributed by atoms with E-state index in [0.717, 1.165) is 0 Å². The third-order valence-corrected chi connectivity index (χ3v) is 1.58. The monoisotopic (exact) mass is 226 g/mol. The van der Waals surface area contributed by atoms with Crippen LogP contribution >= 0.6 is 0 Å². The highest BCUT2D eigenvalue weighted by atomic mass is 16.7. The summed E-state index contributed by atoms with van der Waals surface area (Å²) in [4.78, 5) is 20.5. The zero-order valence-corrected chi connectivity index (χ0v) is 8.01. The van der Waals surface area contributed by atoms with Crippen LogP contribution in [0.2, 0.25) is 0 Å². The van der Waals surface area contributed by atoms with E-state index in [1.165, 1.54) is 6.92 Å². The standard InChI is InChI=1S/C9H6O7/c1-3-5-4(2)6(15-8(10)11)14-7(5)16-9(12)13/h1H,2H3,(H,10,11)(H,12,13). The number of hydrogen-bond acceptors (Lipinski definition) is 5. The molecule has 0 atom stereocenters. The van der Waals surface area contributed by atoms with Crippen LogP contribution in [0.25, 0.3) is 0 Å². The molecule has 0 aliphatic heterocycles. The minimum absolute atomic E-state index is 0.0151. The van der Waals surface area contributed by atoms with Gasteiger partial charge in [-0.2, -0.15) is 0 Å². The molecule has 1 aromatic heterocycles. The van der Waals surface area contributed by atoms with Crippen LogP contribution in [-0.4, -0.2) is 22.5 Å². The molecule has 0 radical (unpaired) electrons. The highest BCUT2D eigenvalue weighted by Crippen LogP contribution is 2.33. The van der Waals surface area contributed by atoms with E-state index in [4.69, 9.17) is 21.1 Å². The molecule has 0 amide bonds. The Balaban J connectivity index is 3.15. The van der Waals surface area contributed by atoms with Crippen LogP contribution in [0.5, 0.6) is 11.9 Å². The van der Waals surface area contributed by atoms with Crippen LogP contribution in [0.15, 0.2) is 4.42 Å². The summed E-state index contributed by atoms with van der Waals surface area (Å²) in [6, 6.07) is 0. The molecule has 0 spiro atoms. The van der Waals surface area contributed by atoms with E-state index in [1.807, 2.05) is 0 Å². The molecule has 2 N–H and O–H groups in total. The second kappa shape index (κ2) is 4.27. The summed E-state index contributed by atoms with van der Waals surface area (Å²) < 4.78 is 13.2. The average molecular weight is 226 g/mol. The topological polar surface area (TPSA) is 106 Å². The fourth-order valence-corrected chi connectivity index (χ4v) is 0.962. The molecule has 0 saturated heterocycles. The highest BCUT2D eigenvalue weighted by Gasteiger charge is 2.22. The second-order valence-electron chi connectivity index (χ2n) is 2.56. The lowest BCUT2D eigenvalue weighted by Gasteiger charge is -1.94. The Kier molecular flexibility index (Phi) is 3.06. The summed E-state index contributed by atoms with van der Waals surface area (Å²) >= 11 is 0. The third-order valence-electron chi connectivity index (χ3n) is 1.58. The molecule has 7 nitrogen and oxygen atoms in total. The maximum atomic E-state index is 10.3. The van der Waals surface area contributed by atoms with Gasteiger partial charge in [0.25, 0.3) is 0 Å². The van der Waals surface area contributed by atoms with Crippen LogP contribution in [0.1, 0.15) is 11.1 Å². The van der Waals surface area contributed by atoms with Crippen LogP contribution in [0, 0.1) is 19.3 Å². The van der Waals surface area contributed by atoms with Gasteiger partial charge in [0.05, 0.1) is 5.56 Å². The van der Waals surface area contributed by atoms with Crippen molar-refractivity contribution in [1.29, 1.82) is 0 Å². The number of ether oxygens (including phenoxy) is 2. The van der Waals surface area contributed by atoms with E-state index in [0.29, 0.717) is 0 Å². The maximum absolute atomic E-state index is 10.3. The van der Waals surface area contributed by atoms with Crippen molar-refractivity contribution in [3.05, 3.63) is 11.1 Å². The van der Waals surface area contributed by atoms with Crippen molar-refractivity contribution in [2.24, 2.45) is 0 Å². The van der Waals surface area contributed by atoms with E-state index in [9.17, 15) is 9.59 Å². The first kappa shape index (κ1) is 11.5. The van der Waals surface area contributed by atoms with Gasteiger partial charge in [0.2, 0.25) is 0 Å². The minimum Gasteiger partial charge on any atom is -0.449 e. The number of rotatable bonds is 2. The molecular formula is C9H6O7. The van der Waals surface area contributed by atoms with E-state index >= 15 is 0 Å². The molecule has 1 aromatic rings. The first-order valence-corrected chi connectivity index (χ1v) is 3.87. The molecule has 0 aliphatic rings. The Labute approximate surface area is 89.2 Å². The number of furan rings is 1. The van der Waals surface area contributed by atoms with Crippen molar-refractivity contribution in [3.63, 3.8) is 0 Å². The Morgan fingerprint density at radius 2 is 1.75 bits per heavy atom. The van der Waals surface area contributed by atoms with Crippen molar-refractivity contribution in [3.8, 4) is 24.2 Å². The molecule has 0 unspecified atom stereocenters. The highest BCUT2D eigenvalue weighted by molar-refractivity contribution is 5.65. The second-order valence-corrected chi connectivity index (χ2v) is 2.56. The number of carboxylic acid groups (broad SMARTS) is 2. The molecule has 84 valence electrons. The first-order chi connectivity index (χ1) is 7.45. The normalized spacial score (nSPS) is 9.25. The summed E-state index contributed by atoms with van der Waals surface area (Å²) in [5.41, 5.74) is 0.153.